The van der Waals surface area contributed by atoms with Gasteiger partial charge in [-0.15, -0.1) is 0 Å². The monoisotopic (exact) mass is 303 g/mol. The third-order valence-electron chi connectivity index (χ3n) is 1.68. The first-order chi connectivity index (χ1) is 7.48. The Kier molecular flexibility index (Phi) is 4.29. The van der Waals surface area contributed by atoms with Gasteiger partial charge in [-0.2, -0.15) is 18.4 Å². The van der Waals surface area contributed by atoms with Crippen LogP contribution in [-0.4, -0.2) is 15.0 Å². The zero-order chi connectivity index (χ0) is 12.2. The molecule has 7 heteroatoms. The molecule has 5 nitrogen and oxygen atoms in total. The highest BCUT2D eigenvalue weighted by atomic mass is 79.9. The Morgan fingerprint density at radius 3 is 2.69 bits per heavy atom. The first-order valence-corrected chi connectivity index (χ1v) is 6.73. The molecule has 0 aliphatic heterocycles. The van der Waals surface area contributed by atoms with Gasteiger partial charge in [0.25, 0.3) is 10.2 Å². The van der Waals surface area contributed by atoms with Gasteiger partial charge < -0.3 is 0 Å². The second-order valence-corrected chi connectivity index (χ2v) is 5.26. The van der Waals surface area contributed by atoms with Crippen LogP contribution in [0.25, 0.3) is 0 Å². The molecule has 0 aromatic heterocycles. The zero-order valence-electron chi connectivity index (χ0n) is 8.49. The first kappa shape index (κ1) is 13.0. The van der Waals surface area contributed by atoms with Gasteiger partial charge in [0.1, 0.15) is 0 Å². The Balaban J connectivity index is 2.96. The predicted molar refractivity (Wildman–Crippen MR) is 65.1 cm³/mol. The highest BCUT2D eigenvalue weighted by Crippen LogP contribution is 2.23. The van der Waals surface area contributed by atoms with E-state index in [2.05, 4.69) is 25.4 Å². The lowest BCUT2D eigenvalue weighted by Gasteiger charge is -2.09. The Morgan fingerprint density at radius 1 is 1.50 bits per heavy atom. The number of nitriles is 1. The maximum Gasteiger partial charge on any atom is 0.299 e. The Morgan fingerprint density at radius 2 is 2.19 bits per heavy atom. The van der Waals surface area contributed by atoms with Crippen LogP contribution in [0.1, 0.15) is 12.5 Å². The van der Waals surface area contributed by atoms with Crippen molar-refractivity contribution in [2.24, 2.45) is 0 Å². The summed E-state index contributed by atoms with van der Waals surface area (Å²) in [4.78, 5) is 0. The molecule has 0 aliphatic carbocycles. The maximum atomic E-state index is 11.4. The summed E-state index contributed by atoms with van der Waals surface area (Å²) in [6.07, 6.45) is 0. The number of hydrogen-bond acceptors (Lipinski definition) is 3. The molecule has 0 fully saturated rings. The molecule has 16 heavy (non-hydrogen) atoms. The predicted octanol–water partition coefficient (Wildman–Crippen LogP) is 1.59. The minimum Gasteiger partial charge on any atom is -0.270 e. The fourth-order valence-corrected chi connectivity index (χ4v) is 2.57. The maximum absolute atomic E-state index is 11.4. The fraction of sp³-hybridized carbons (Fsp3) is 0.222. The van der Waals surface area contributed by atoms with E-state index in [1.54, 1.807) is 13.0 Å². The molecular weight excluding hydrogens is 294 g/mol. The van der Waals surface area contributed by atoms with Crippen LogP contribution in [0.4, 0.5) is 5.69 Å². The molecule has 0 saturated heterocycles. The number of rotatable bonds is 4. The zero-order valence-corrected chi connectivity index (χ0v) is 10.9. The van der Waals surface area contributed by atoms with Crippen LogP contribution in [-0.2, 0) is 10.2 Å². The number of halogens is 1. The van der Waals surface area contributed by atoms with Crippen molar-refractivity contribution < 1.29 is 8.42 Å². The molecule has 0 saturated carbocycles. The molecule has 0 aliphatic rings. The second kappa shape index (κ2) is 5.30. The van der Waals surface area contributed by atoms with Gasteiger partial charge >= 0.3 is 0 Å². The lowest BCUT2D eigenvalue weighted by Crippen LogP contribution is -2.29. The highest BCUT2D eigenvalue weighted by Gasteiger charge is 2.10. The summed E-state index contributed by atoms with van der Waals surface area (Å²) in [7, 11) is -3.54. The van der Waals surface area contributed by atoms with E-state index in [9.17, 15) is 8.42 Å². The summed E-state index contributed by atoms with van der Waals surface area (Å²) < 4.78 is 28.0. The number of benzene rings is 1. The molecular formula is C9H10BrN3O2S. The van der Waals surface area contributed by atoms with E-state index >= 15 is 0 Å². The van der Waals surface area contributed by atoms with Crippen molar-refractivity contribution in [3.05, 3.63) is 28.2 Å². The molecule has 1 rings (SSSR count). The van der Waals surface area contributed by atoms with Crippen molar-refractivity contribution in [2.45, 2.75) is 6.92 Å². The van der Waals surface area contributed by atoms with E-state index in [1.165, 1.54) is 12.1 Å². The lowest BCUT2D eigenvalue weighted by atomic mass is 10.2. The van der Waals surface area contributed by atoms with Crippen molar-refractivity contribution in [1.29, 1.82) is 5.26 Å². The third-order valence-corrected chi connectivity index (χ3v) is 3.49. The lowest BCUT2D eigenvalue weighted by molar-refractivity contribution is 0.589. The van der Waals surface area contributed by atoms with Crippen molar-refractivity contribution in [3.63, 3.8) is 0 Å². The van der Waals surface area contributed by atoms with E-state index in [4.69, 9.17) is 5.26 Å². The number of nitrogens with one attached hydrogen (secondary N) is 2. The average Bonchev–Trinajstić information content (AvgIpc) is 2.20. The van der Waals surface area contributed by atoms with Gasteiger partial charge in [-0.3, -0.25) is 4.72 Å². The summed E-state index contributed by atoms with van der Waals surface area (Å²) in [6.45, 7) is 2.00. The highest BCUT2D eigenvalue weighted by molar-refractivity contribution is 9.10. The van der Waals surface area contributed by atoms with Gasteiger partial charge in [0.2, 0.25) is 0 Å². The smallest absolute Gasteiger partial charge is 0.270 e. The summed E-state index contributed by atoms with van der Waals surface area (Å²) in [5, 5.41) is 8.65. The molecule has 86 valence electrons. The van der Waals surface area contributed by atoms with Crippen LogP contribution >= 0.6 is 15.9 Å². The molecule has 0 bridgehead atoms. The Hall–Kier alpha value is -1.10. The molecule has 0 heterocycles. The molecule has 1 aromatic rings. The quantitative estimate of drug-likeness (QED) is 0.886. The minimum absolute atomic E-state index is 0.309. The van der Waals surface area contributed by atoms with Crippen LogP contribution in [0.5, 0.6) is 0 Å². The van der Waals surface area contributed by atoms with Gasteiger partial charge in [-0.25, -0.2) is 0 Å². The SMILES string of the molecule is CCNS(=O)(=O)Nc1ccc(C#N)cc1Br. The van der Waals surface area contributed by atoms with E-state index in [0.29, 0.717) is 22.3 Å². The molecule has 0 amide bonds. The Bertz CT molecular complexity index is 522. The van der Waals surface area contributed by atoms with E-state index in [-0.39, 0.29) is 0 Å². The van der Waals surface area contributed by atoms with Gasteiger partial charge in [-0.1, -0.05) is 6.92 Å². The van der Waals surface area contributed by atoms with Gasteiger partial charge in [-0.05, 0) is 34.1 Å². The van der Waals surface area contributed by atoms with Crippen LogP contribution in [0.15, 0.2) is 22.7 Å². The van der Waals surface area contributed by atoms with Crippen LogP contribution in [0.3, 0.4) is 0 Å². The number of nitrogens with zero attached hydrogens (tertiary/aromatic N) is 1. The van der Waals surface area contributed by atoms with Crippen LogP contribution in [0.2, 0.25) is 0 Å². The van der Waals surface area contributed by atoms with Crippen LogP contribution < -0.4 is 9.44 Å². The van der Waals surface area contributed by atoms with Gasteiger partial charge in [0.05, 0.1) is 17.3 Å². The average molecular weight is 304 g/mol. The normalized spacial score (nSPS) is 10.8. The van der Waals surface area contributed by atoms with Crippen molar-refractivity contribution >= 4 is 31.8 Å². The number of hydrogen-bond donors (Lipinski definition) is 2. The van der Waals surface area contributed by atoms with E-state index < -0.39 is 10.2 Å². The summed E-state index contributed by atoms with van der Waals surface area (Å²) in [5.74, 6) is 0. The molecule has 2 N–H and O–H groups in total. The molecule has 0 unspecified atom stereocenters. The van der Waals surface area contributed by atoms with E-state index in [0.717, 1.165) is 0 Å². The van der Waals surface area contributed by atoms with E-state index in [1.807, 2.05) is 6.07 Å². The molecule has 0 radical (unpaired) electrons. The third kappa shape index (κ3) is 3.48. The molecule has 1 aromatic carbocycles. The van der Waals surface area contributed by atoms with Crippen molar-refractivity contribution in [1.82, 2.24) is 4.72 Å². The standard InChI is InChI=1S/C9H10BrN3O2S/c1-2-12-16(14,15)13-9-4-3-7(6-11)5-8(9)10/h3-5,12-13H,2H2,1H3. The topological polar surface area (TPSA) is 82.0 Å². The Labute approximate surface area is 103 Å². The molecule has 0 spiro atoms. The second-order valence-electron chi connectivity index (χ2n) is 2.91. The molecule has 0 atom stereocenters. The van der Waals surface area contributed by atoms with Crippen molar-refractivity contribution in [2.75, 3.05) is 11.3 Å². The number of anilines is 1. The largest absolute Gasteiger partial charge is 0.299 e. The van der Waals surface area contributed by atoms with Gasteiger partial charge in [0, 0.05) is 11.0 Å². The fourth-order valence-electron chi connectivity index (χ4n) is 1.04. The minimum atomic E-state index is -3.54. The summed E-state index contributed by atoms with van der Waals surface area (Å²) >= 11 is 3.19. The van der Waals surface area contributed by atoms with Crippen molar-refractivity contribution in [3.8, 4) is 6.07 Å². The van der Waals surface area contributed by atoms with Crippen LogP contribution in [0, 0.1) is 11.3 Å². The summed E-state index contributed by atoms with van der Waals surface area (Å²) in [5.41, 5.74) is 0.846. The van der Waals surface area contributed by atoms with Gasteiger partial charge in [0.15, 0.2) is 0 Å². The first-order valence-electron chi connectivity index (χ1n) is 4.45. The summed E-state index contributed by atoms with van der Waals surface area (Å²) in [6, 6.07) is 6.57.